The van der Waals surface area contributed by atoms with E-state index >= 15 is 0 Å². The van der Waals surface area contributed by atoms with Gasteiger partial charge in [0.25, 0.3) is 0 Å². The van der Waals surface area contributed by atoms with Crippen LogP contribution in [0.2, 0.25) is 0 Å². The van der Waals surface area contributed by atoms with Crippen molar-refractivity contribution in [1.29, 1.82) is 0 Å². The fourth-order valence-corrected chi connectivity index (χ4v) is 3.47. The molecule has 0 bridgehead atoms. The van der Waals surface area contributed by atoms with Gasteiger partial charge in [-0.3, -0.25) is 4.79 Å². The number of ketones is 1. The Hall–Kier alpha value is -3.19. The Bertz CT molecular complexity index is 1010. The number of aromatic nitrogens is 2. The van der Waals surface area contributed by atoms with Crippen molar-refractivity contribution < 1.29 is 19.0 Å². The van der Waals surface area contributed by atoms with E-state index in [1.165, 1.54) is 6.33 Å². The zero-order valence-corrected chi connectivity index (χ0v) is 16.5. The number of carbonyl (C=O) groups excluding carboxylic acids is 1. The van der Waals surface area contributed by atoms with Crippen molar-refractivity contribution in [2.45, 2.75) is 18.9 Å². The third-order valence-electron chi connectivity index (χ3n) is 5.07. The van der Waals surface area contributed by atoms with E-state index in [9.17, 15) is 4.79 Å². The number of fused-ring (bicyclic) bond motifs is 1. The number of methoxy groups -OCH3 is 2. The second kappa shape index (κ2) is 8.45. The first kappa shape index (κ1) is 19.1. The summed E-state index contributed by atoms with van der Waals surface area (Å²) >= 11 is 0. The minimum atomic E-state index is -0.182. The average molecular weight is 393 g/mol. The van der Waals surface area contributed by atoms with Gasteiger partial charge in [-0.25, -0.2) is 9.97 Å². The number of hydrogen-bond acceptors (Lipinski definition) is 7. The molecule has 0 saturated carbocycles. The van der Waals surface area contributed by atoms with Gasteiger partial charge in [-0.15, -0.1) is 0 Å². The van der Waals surface area contributed by atoms with Gasteiger partial charge in [-0.05, 0) is 56.3 Å². The van der Waals surface area contributed by atoms with Crippen LogP contribution < -0.4 is 19.5 Å². The molecular weight excluding hydrogens is 370 g/mol. The van der Waals surface area contributed by atoms with Gasteiger partial charge in [0.2, 0.25) is 5.78 Å². The molecule has 1 N–H and O–H groups in total. The molecule has 2 aromatic carbocycles. The lowest BCUT2D eigenvalue weighted by Gasteiger charge is -2.25. The van der Waals surface area contributed by atoms with Crippen LogP contribution in [0, 0.1) is 0 Å². The van der Waals surface area contributed by atoms with Crippen LogP contribution in [0.25, 0.3) is 10.9 Å². The maximum Gasteiger partial charge on any atom is 0.212 e. The van der Waals surface area contributed by atoms with Gasteiger partial charge in [-0.1, -0.05) is 0 Å². The lowest BCUT2D eigenvalue weighted by molar-refractivity contribution is 0.103. The van der Waals surface area contributed by atoms with Gasteiger partial charge in [0, 0.05) is 17.0 Å². The normalized spacial score (nSPS) is 14.6. The summed E-state index contributed by atoms with van der Waals surface area (Å²) in [6.45, 7) is 1.84. The maximum absolute atomic E-state index is 13.1. The molecule has 0 atom stereocenters. The fraction of sp³-hybridized carbons (Fsp3) is 0.318. The number of carbonyl (C=O) groups is 1. The molecule has 0 radical (unpaired) electrons. The van der Waals surface area contributed by atoms with Crippen LogP contribution in [0.3, 0.4) is 0 Å². The number of benzene rings is 2. The fourth-order valence-electron chi connectivity index (χ4n) is 3.47. The van der Waals surface area contributed by atoms with Gasteiger partial charge >= 0.3 is 0 Å². The second-order valence-electron chi connectivity index (χ2n) is 6.87. The molecule has 0 spiro atoms. The topological polar surface area (TPSA) is 82.6 Å². The van der Waals surface area contributed by atoms with E-state index in [2.05, 4.69) is 15.3 Å². The average Bonchev–Trinajstić information content (AvgIpc) is 2.78. The van der Waals surface area contributed by atoms with Gasteiger partial charge < -0.3 is 19.5 Å². The Morgan fingerprint density at radius 1 is 1.00 bits per heavy atom. The summed E-state index contributed by atoms with van der Waals surface area (Å²) in [4.78, 5) is 21.7. The molecule has 0 amide bonds. The van der Waals surface area contributed by atoms with Crippen molar-refractivity contribution in [3.63, 3.8) is 0 Å². The summed E-state index contributed by atoms with van der Waals surface area (Å²) in [5.74, 6) is 1.71. The van der Waals surface area contributed by atoms with Crippen LogP contribution in [-0.4, -0.2) is 49.2 Å². The smallest absolute Gasteiger partial charge is 0.212 e. The highest BCUT2D eigenvalue weighted by Crippen LogP contribution is 2.34. The summed E-state index contributed by atoms with van der Waals surface area (Å²) in [7, 11) is 3.19. The predicted molar refractivity (Wildman–Crippen MR) is 109 cm³/mol. The highest BCUT2D eigenvalue weighted by Gasteiger charge is 2.21. The Kier molecular flexibility index (Phi) is 5.57. The molecule has 1 saturated heterocycles. The van der Waals surface area contributed by atoms with Crippen LogP contribution in [0.1, 0.15) is 28.9 Å². The van der Waals surface area contributed by atoms with Crippen LogP contribution in [0.5, 0.6) is 17.2 Å². The van der Waals surface area contributed by atoms with E-state index in [0.29, 0.717) is 39.4 Å². The molecular formula is C22H23N3O4. The molecule has 0 aliphatic carbocycles. The summed E-state index contributed by atoms with van der Waals surface area (Å²) in [5, 5.41) is 3.96. The number of nitrogens with one attached hydrogen (secondary N) is 1. The molecule has 1 aromatic heterocycles. The van der Waals surface area contributed by atoms with Crippen molar-refractivity contribution in [2.75, 3.05) is 27.3 Å². The standard InChI is InChI=1S/C22H23N3O4/c1-27-15-5-3-14(4-6-15)22(26)21-17-11-20(29-16-7-9-23-10-8-16)19(28-2)12-18(17)24-13-25-21/h3-6,11-13,16,23H,7-10H2,1-2H3. The van der Waals surface area contributed by atoms with Crippen LogP contribution in [0.15, 0.2) is 42.7 Å². The highest BCUT2D eigenvalue weighted by atomic mass is 16.5. The van der Waals surface area contributed by atoms with E-state index in [1.807, 2.05) is 6.07 Å². The highest BCUT2D eigenvalue weighted by molar-refractivity contribution is 6.14. The predicted octanol–water partition coefficient (Wildman–Crippen LogP) is 3.01. The zero-order chi connectivity index (χ0) is 20.2. The molecule has 7 nitrogen and oxygen atoms in total. The van der Waals surface area contributed by atoms with Crippen LogP contribution in [0.4, 0.5) is 0 Å². The molecule has 150 valence electrons. The van der Waals surface area contributed by atoms with Gasteiger partial charge in [0.05, 0.1) is 19.7 Å². The summed E-state index contributed by atoms with van der Waals surface area (Å²) in [6, 6.07) is 10.6. The number of nitrogens with zero attached hydrogens (tertiary/aromatic N) is 2. The third-order valence-corrected chi connectivity index (χ3v) is 5.07. The van der Waals surface area contributed by atoms with E-state index in [0.717, 1.165) is 25.9 Å². The monoisotopic (exact) mass is 393 g/mol. The van der Waals surface area contributed by atoms with E-state index in [-0.39, 0.29) is 11.9 Å². The Morgan fingerprint density at radius 3 is 2.45 bits per heavy atom. The van der Waals surface area contributed by atoms with Gasteiger partial charge in [0.15, 0.2) is 11.5 Å². The molecule has 7 heteroatoms. The van der Waals surface area contributed by atoms with Crippen molar-refractivity contribution in [1.82, 2.24) is 15.3 Å². The minimum Gasteiger partial charge on any atom is -0.497 e. The SMILES string of the molecule is COc1ccc(C(=O)c2ncnc3cc(OC)c(OC4CCNCC4)cc23)cc1. The molecule has 2 heterocycles. The third kappa shape index (κ3) is 4.00. The number of rotatable bonds is 6. The first-order chi connectivity index (χ1) is 14.2. The molecule has 29 heavy (non-hydrogen) atoms. The molecule has 1 aliphatic heterocycles. The zero-order valence-electron chi connectivity index (χ0n) is 16.5. The lowest BCUT2D eigenvalue weighted by Crippen LogP contribution is -2.34. The van der Waals surface area contributed by atoms with Crippen molar-refractivity contribution in [3.05, 3.63) is 54.0 Å². The Balaban J connectivity index is 1.73. The van der Waals surface area contributed by atoms with E-state index < -0.39 is 0 Å². The quantitative estimate of drug-likeness (QED) is 0.645. The number of ether oxygens (including phenoxy) is 3. The lowest BCUT2D eigenvalue weighted by atomic mass is 10.0. The van der Waals surface area contributed by atoms with Gasteiger partial charge in [-0.2, -0.15) is 0 Å². The van der Waals surface area contributed by atoms with E-state index in [1.54, 1.807) is 44.6 Å². The maximum atomic E-state index is 13.1. The van der Waals surface area contributed by atoms with Crippen molar-refractivity contribution in [3.8, 4) is 17.2 Å². The van der Waals surface area contributed by atoms with Crippen LogP contribution >= 0.6 is 0 Å². The number of hydrogen-bond donors (Lipinski definition) is 1. The first-order valence-corrected chi connectivity index (χ1v) is 9.58. The molecule has 1 fully saturated rings. The van der Waals surface area contributed by atoms with Crippen molar-refractivity contribution in [2.24, 2.45) is 0 Å². The summed E-state index contributed by atoms with van der Waals surface area (Å²) in [6.07, 6.45) is 3.34. The first-order valence-electron chi connectivity index (χ1n) is 9.58. The van der Waals surface area contributed by atoms with Gasteiger partial charge in [0.1, 0.15) is 23.9 Å². The minimum absolute atomic E-state index is 0.105. The Labute approximate surface area is 169 Å². The number of piperidine rings is 1. The molecule has 3 aromatic rings. The molecule has 4 rings (SSSR count). The Morgan fingerprint density at radius 2 is 1.76 bits per heavy atom. The summed E-state index contributed by atoms with van der Waals surface area (Å²) in [5.41, 5.74) is 1.49. The largest absolute Gasteiger partial charge is 0.497 e. The molecule has 0 unspecified atom stereocenters. The van der Waals surface area contributed by atoms with Crippen LogP contribution in [-0.2, 0) is 0 Å². The summed E-state index contributed by atoms with van der Waals surface area (Å²) < 4.78 is 16.9. The van der Waals surface area contributed by atoms with E-state index in [4.69, 9.17) is 14.2 Å². The molecule has 1 aliphatic rings. The second-order valence-corrected chi connectivity index (χ2v) is 6.87. The van der Waals surface area contributed by atoms with Crippen molar-refractivity contribution >= 4 is 16.7 Å².